The van der Waals surface area contributed by atoms with Crippen molar-refractivity contribution in [1.82, 2.24) is 10.2 Å². The third-order valence-corrected chi connectivity index (χ3v) is 3.34. The molecule has 0 bridgehead atoms. The Kier molecular flexibility index (Phi) is 8.54. The van der Waals surface area contributed by atoms with Crippen LogP contribution in [0.1, 0.15) is 12.8 Å². The van der Waals surface area contributed by atoms with Crippen LogP contribution in [0.5, 0.6) is 0 Å². The number of hydrogen-bond acceptors (Lipinski definition) is 3. The van der Waals surface area contributed by atoms with Crippen LogP contribution in [0, 0.1) is 0 Å². The van der Waals surface area contributed by atoms with Crippen LogP contribution in [0.25, 0.3) is 0 Å². The van der Waals surface area contributed by atoms with Gasteiger partial charge >= 0.3 is 0 Å². The largest absolute Gasteiger partial charge is 0.381 e. The zero-order valence-corrected chi connectivity index (χ0v) is 13.6. The average molecular weight is 368 g/mol. The number of nitrogens with zero attached hydrogens (tertiary/aromatic N) is 2. The number of nitrogens with two attached hydrogens (primary N) is 1. The Morgan fingerprint density at radius 3 is 2.61 bits per heavy atom. The van der Waals surface area contributed by atoms with Crippen LogP contribution in [0.4, 0.5) is 0 Å². The molecule has 0 atom stereocenters. The smallest absolute Gasteiger partial charge is 0.188 e. The van der Waals surface area contributed by atoms with Gasteiger partial charge in [0.25, 0.3) is 0 Å². The van der Waals surface area contributed by atoms with Gasteiger partial charge in [-0.2, -0.15) is 0 Å². The standard InChI is InChI=1S/C12H24N4O.HI/c1-4-7-14-11(13)15-10-12(16(2)3)5-8-17-9-6-12;/h4H,1,5-10H2,2-3H3,(H3,13,14,15);1H. The first kappa shape index (κ1) is 17.7. The molecule has 6 heteroatoms. The maximum Gasteiger partial charge on any atom is 0.188 e. The van der Waals surface area contributed by atoms with Crippen molar-refractivity contribution in [3.8, 4) is 0 Å². The van der Waals surface area contributed by atoms with Gasteiger partial charge in [-0.05, 0) is 26.9 Å². The molecule has 18 heavy (non-hydrogen) atoms. The van der Waals surface area contributed by atoms with E-state index in [9.17, 15) is 0 Å². The van der Waals surface area contributed by atoms with Crippen LogP contribution in [-0.4, -0.2) is 56.8 Å². The van der Waals surface area contributed by atoms with Crippen LogP contribution in [0.3, 0.4) is 0 Å². The van der Waals surface area contributed by atoms with Crippen molar-refractivity contribution in [3.05, 3.63) is 12.7 Å². The first-order chi connectivity index (χ1) is 8.10. The van der Waals surface area contributed by atoms with Gasteiger partial charge in [0.05, 0.1) is 6.54 Å². The van der Waals surface area contributed by atoms with Crippen LogP contribution in [0.15, 0.2) is 17.6 Å². The number of rotatable bonds is 5. The maximum absolute atomic E-state index is 5.78. The minimum absolute atomic E-state index is 0. The molecule has 3 N–H and O–H groups in total. The van der Waals surface area contributed by atoms with Crippen molar-refractivity contribution in [2.75, 3.05) is 40.4 Å². The first-order valence-corrected chi connectivity index (χ1v) is 6.00. The lowest BCUT2D eigenvalue weighted by molar-refractivity contribution is -0.00252. The SMILES string of the molecule is C=CCNC(N)=NCC1(N(C)C)CCOCC1.I. The molecule has 0 spiro atoms. The summed E-state index contributed by atoms with van der Waals surface area (Å²) in [7, 11) is 4.18. The van der Waals surface area contributed by atoms with Crippen LogP contribution in [0.2, 0.25) is 0 Å². The van der Waals surface area contributed by atoms with E-state index in [4.69, 9.17) is 10.5 Å². The van der Waals surface area contributed by atoms with Gasteiger partial charge in [-0.25, -0.2) is 0 Å². The fraction of sp³-hybridized carbons (Fsp3) is 0.750. The number of likely N-dealkylation sites (N-methyl/N-ethyl adjacent to an activating group) is 1. The highest BCUT2D eigenvalue weighted by atomic mass is 127. The molecule has 106 valence electrons. The number of guanidine groups is 1. The highest BCUT2D eigenvalue weighted by Gasteiger charge is 2.34. The van der Waals surface area contributed by atoms with Crippen molar-refractivity contribution < 1.29 is 4.74 Å². The molecule has 0 saturated carbocycles. The lowest BCUT2D eigenvalue weighted by Gasteiger charge is -2.41. The number of aliphatic imine (C=N–C) groups is 1. The summed E-state index contributed by atoms with van der Waals surface area (Å²) in [5, 5.41) is 2.99. The van der Waals surface area contributed by atoms with Crippen molar-refractivity contribution >= 4 is 29.9 Å². The van der Waals surface area contributed by atoms with E-state index < -0.39 is 0 Å². The van der Waals surface area contributed by atoms with E-state index >= 15 is 0 Å². The third-order valence-electron chi connectivity index (χ3n) is 3.34. The summed E-state index contributed by atoms with van der Waals surface area (Å²) >= 11 is 0. The second-order valence-electron chi connectivity index (χ2n) is 4.60. The van der Waals surface area contributed by atoms with Crippen molar-refractivity contribution in [2.24, 2.45) is 10.7 Å². The third kappa shape index (κ3) is 5.11. The number of ether oxygens (including phenoxy) is 1. The average Bonchev–Trinajstić information content (AvgIpc) is 2.34. The summed E-state index contributed by atoms with van der Waals surface area (Å²) in [6, 6.07) is 0. The molecule has 0 aliphatic carbocycles. The van der Waals surface area contributed by atoms with Crippen molar-refractivity contribution in [3.63, 3.8) is 0 Å². The van der Waals surface area contributed by atoms with E-state index in [1.54, 1.807) is 6.08 Å². The van der Waals surface area contributed by atoms with Crippen molar-refractivity contribution in [2.45, 2.75) is 18.4 Å². The Labute approximate surface area is 127 Å². The van der Waals surface area contributed by atoms with E-state index in [1.165, 1.54) is 0 Å². The number of halogens is 1. The maximum atomic E-state index is 5.78. The molecule has 1 rings (SSSR count). The summed E-state index contributed by atoms with van der Waals surface area (Å²) in [5.74, 6) is 0.484. The van der Waals surface area contributed by atoms with Gasteiger partial charge in [-0.1, -0.05) is 6.08 Å². The molecule has 5 nitrogen and oxygen atoms in total. The minimum atomic E-state index is 0. The van der Waals surface area contributed by atoms with E-state index in [0.717, 1.165) is 26.1 Å². The molecular formula is C12H25IN4O. The molecule has 1 fully saturated rings. The van der Waals surface area contributed by atoms with E-state index in [-0.39, 0.29) is 29.5 Å². The van der Waals surface area contributed by atoms with Gasteiger partial charge in [0.2, 0.25) is 0 Å². The molecule has 0 aromatic heterocycles. The van der Waals surface area contributed by atoms with Crippen molar-refractivity contribution in [1.29, 1.82) is 0 Å². The van der Waals surface area contributed by atoms with Crippen LogP contribution >= 0.6 is 24.0 Å². The zero-order valence-electron chi connectivity index (χ0n) is 11.3. The van der Waals surface area contributed by atoms with Gasteiger partial charge in [0.15, 0.2) is 5.96 Å². The Morgan fingerprint density at radius 1 is 1.50 bits per heavy atom. The van der Waals surface area contributed by atoms with E-state index in [0.29, 0.717) is 19.0 Å². The molecule has 1 saturated heterocycles. The summed E-state index contributed by atoms with van der Waals surface area (Å²) in [6.07, 6.45) is 3.76. The summed E-state index contributed by atoms with van der Waals surface area (Å²) in [5.41, 5.74) is 5.86. The molecular weight excluding hydrogens is 343 g/mol. The second-order valence-corrected chi connectivity index (χ2v) is 4.60. The molecule has 1 aliphatic heterocycles. The molecule has 0 aromatic rings. The normalized spacial score (nSPS) is 19.2. The minimum Gasteiger partial charge on any atom is -0.381 e. The van der Waals surface area contributed by atoms with Gasteiger partial charge < -0.3 is 20.7 Å². The number of hydrogen-bond donors (Lipinski definition) is 2. The highest BCUT2D eigenvalue weighted by molar-refractivity contribution is 14.0. The molecule has 1 heterocycles. The van der Waals surface area contributed by atoms with E-state index in [1.807, 2.05) is 0 Å². The fourth-order valence-electron chi connectivity index (χ4n) is 1.96. The Morgan fingerprint density at radius 2 is 2.11 bits per heavy atom. The molecule has 0 unspecified atom stereocenters. The second kappa shape index (κ2) is 8.71. The highest BCUT2D eigenvalue weighted by Crippen LogP contribution is 2.26. The zero-order chi connectivity index (χ0) is 12.7. The molecule has 0 aromatic carbocycles. The van der Waals surface area contributed by atoms with Gasteiger partial charge in [-0.3, -0.25) is 4.99 Å². The number of nitrogens with one attached hydrogen (secondary N) is 1. The van der Waals surface area contributed by atoms with Gasteiger partial charge in [0, 0.05) is 25.3 Å². The van der Waals surface area contributed by atoms with Gasteiger partial charge in [-0.15, -0.1) is 30.6 Å². The lowest BCUT2D eigenvalue weighted by Crippen LogP contribution is -2.51. The molecule has 0 radical (unpaired) electrons. The quantitative estimate of drug-likeness (QED) is 0.326. The Balaban J connectivity index is 0.00000289. The van der Waals surface area contributed by atoms with E-state index in [2.05, 4.69) is 35.9 Å². The Bertz CT molecular complexity index is 275. The molecule has 1 aliphatic rings. The summed E-state index contributed by atoms with van der Waals surface area (Å²) in [4.78, 5) is 6.65. The fourth-order valence-corrected chi connectivity index (χ4v) is 1.96. The van der Waals surface area contributed by atoms with Gasteiger partial charge in [0.1, 0.15) is 0 Å². The summed E-state index contributed by atoms with van der Waals surface area (Å²) in [6.45, 7) is 6.58. The predicted octanol–water partition coefficient (Wildman–Crippen LogP) is 0.805. The first-order valence-electron chi connectivity index (χ1n) is 6.00. The lowest BCUT2D eigenvalue weighted by atomic mass is 9.89. The Hall–Kier alpha value is -0.340. The summed E-state index contributed by atoms with van der Waals surface area (Å²) < 4.78 is 5.41. The van der Waals surface area contributed by atoms with Crippen LogP contribution in [-0.2, 0) is 4.74 Å². The van der Waals surface area contributed by atoms with Crippen LogP contribution < -0.4 is 11.1 Å². The topological polar surface area (TPSA) is 62.9 Å². The monoisotopic (exact) mass is 368 g/mol. The predicted molar refractivity (Wildman–Crippen MR) is 86.6 cm³/mol. The molecule has 0 amide bonds.